The third kappa shape index (κ3) is 2.19. The molecule has 1 N–H and O–H groups in total. The van der Waals surface area contributed by atoms with E-state index in [1.165, 1.54) is 23.7 Å². The Kier molecular flexibility index (Phi) is 2.73. The Hall–Kier alpha value is -1.75. The summed E-state index contributed by atoms with van der Waals surface area (Å²) in [6, 6.07) is 3.13. The molecular formula is C10H8O4S. The van der Waals surface area contributed by atoms with E-state index < -0.39 is 5.97 Å². The average Bonchev–Trinajstić information content (AvgIpc) is 2.85. The third-order valence-corrected chi connectivity index (χ3v) is 2.58. The number of aromatic hydroxyl groups is 1. The molecule has 0 bridgehead atoms. The van der Waals surface area contributed by atoms with Gasteiger partial charge in [0.15, 0.2) is 0 Å². The highest BCUT2D eigenvalue weighted by Crippen LogP contribution is 2.22. The molecule has 0 aliphatic carbocycles. The summed E-state index contributed by atoms with van der Waals surface area (Å²) in [5.41, 5.74) is 0.597. The largest absolute Gasteiger partial charge is 0.507 e. The zero-order valence-electron chi connectivity index (χ0n) is 7.67. The summed E-state index contributed by atoms with van der Waals surface area (Å²) in [6.07, 6.45) is 1.40. The van der Waals surface area contributed by atoms with E-state index in [1.807, 2.05) is 0 Å². The van der Waals surface area contributed by atoms with Crippen molar-refractivity contribution < 1.29 is 19.1 Å². The first-order valence-corrected chi connectivity index (χ1v) is 5.16. The van der Waals surface area contributed by atoms with Gasteiger partial charge in [0.1, 0.15) is 12.4 Å². The van der Waals surface area contributed by atoms with Crippen LogP contribution in [0.3, 0.4) is 0 Å². The minimum atomic E-state index is -0.536. The van der Waals surface area contributed by atoms with Gasteiger partial charge in [0.05, 0.1) is 6.26 Å². The van der Waals surface area contributed by atoms with E-state index in [1.54, 1.807) is 16.8 Å². The summed E-state index contributed by atoms with van der Waals surface area (Å²) in [5.74, 6) is -0.234. The lowest BCUT2D eigenvalue weighted by atomic mass is 10.3. The maximum absolute atomic E-state index is 11.3. The van der Waals surface area contributed by atoms with Crippen molar-refractivity contribution in [3.63, 3.8) is 0 Å². The molecule has 0 fully saturated rings. The number of furan rings is 1. The molecule has 2 aromatic rings. The Labute approximate surface area is 89.7 Å². The minimum absolute atomic E-state index is 0.0505. The van der Waals surface area contributed by atoms with Gasteiger partial charge in [-0.3, -0.25) is 0 Å². The summed E-state index contributed by atoms with van der Waals surface area (Å²) >= 11 is 1.35. The van der Waals surface area contributed by atoms with Gasteiger partial charge < -0.3 is 14.3 Å². The van der Waals surface area contributed by atoms with E-state index in [4.69, 9.17) is 9.15 Å². The van der Waals surface area contributed by atoms with Gasteiger partial charge in [-0.15, -0.1) is 11.3 Å². The summed E-state index contributed by atoms with van der Waals surface area (Å²) in [4.78, 5) is 11.3. The lowest BCUT2D eigenvalue weighted by Gasteiger charge is -2.00. The second-order valence-corrected chi connectivity index (χ2v) is 3.58. The standard InChI is InChI=1S/C10H8O4S/c11-8-6-15-5-7(8)4-14-10(12)9-2-1-3-13-9/h1-3,5-6,11H,4H2. The van der Waals surface area contributed by atoms with Crippen LogP contribution >= 0.6 is 11.3 Å². The fourth-order valence-corrected chi connectivity index (χ4v) is 1.74. The maximum atomic E-state index is 11.3. The van der Waals surface area contributed by atoms with Crippen LogP contribution in [0.4, 0.5) is 0 Å². The maximum Gasteiger partial charge on any atom is 0.374 e. The van der Waals surface area contributed by atoms with Crippen LogP contribution in [-0.4, -0.2) is 11.1 Å². The van der Waals surface area contributed by atoms with E-state index in [0.29, 0.717) is 5.56 Å². The fourth-order valence-electron chi connectivity index (χ4n) is 1.03. The van der Waals surface area contributed by atoms with Crippen LogP contribution in [0.25, 0.3) is 0 Å². The second kappa shape index (κ2) is 4.18. The number of carbonyl (C=O) groups excluding carboxylic acids is 1. The fraction of sp³-hybridized carbons (Fsp3) is 0.100. The molecule has 2 aromatic heterocycles. The molecule has 0 aliphatic heterocycles. The van der Waals surface area contributed by atoms with Crippen LogP contribution in [-0.2, 0) is 11.3 Å². The Bertz CT molecular complexity index is 444. The van der Waals surface area contributed by atoms with E-state index >= 15 is 0 Å². The average molecular weight is 224 g/mol. The van der Waals surface area contributed by atoms with Crippen molar-refractivity contribution in [1.29, 1.82) is 0 Å². The van der Waals surface area contributed by atoms with Crippen LogP contribution in [0.1, 0.15) is 16.1 Å². The smallest absolute Gasteiger partial charge is 0.374 e. The molecular weight excluding hydrogens is 216 g/mol. The zero-order valence-corrected chi connectivity index (χ0v) is 8.49. The minimum Gasteiger partial charge on any atom is -0.507 e. The van der Waals surface area contributed by atoms with Gasteiger partial charge in [0, 0.05) is 16.3 Å². The Balaban J connectivity index is 1.95. The summed E-state index contributed by atoms with van der Waals surface area (Å²) in [6.45, 7) is 0.0505. The number of rotatable bonds is 3. The van der Waals surface area contributed by atoms with Crippen molar-refractivity contribution in [2.24, 2.45) is 0 Å². The van der Waals surface area contributed by atoms with Gasteiger partial charge in [0.25, 0.3) is 0 Å². The van der Waals surface area contributed by atoms with Crippen molar-refractivity contribution in [1.82, 2.24) is 0 Å². The van der Waals surface area contributed by atoms with Crippen molar-refractivity contribution in [3.05, 3.63) is 40.5 Å². The summed E-state index contributed by atoms with van der Waals surface area (Å²) in [7, 11) is 0. The lowest BCUT2D eigenvalue weighted by Crippen LogP contribution is -2.03. The number of ether oxygens (including phenoxy) is 1. The first-order valence-electron chi connectivity index (χ1n) is 4.22. The molecule has 2 rings (SSSR count). The van der Waals surface area contributed by atoms with E-state index in [0.717, 1.165) is 0 Å². The molecule has 0 aliphatic rings. The molecule has 0 atom stereocenters. The van der Waals surface area contributed by atoms with Crippen molar-refractivity contribution in [2.45, 2.75) is 6.61 Å². The number of hydrogen-bond donors (Lipinski definition) is 1. The highest BCUT2D eigenvalue weighted by molar-refractivity contribution is 7.08. The van der Waals surface area contributed by atoms with Crippen LogP contribution in [0.5, 0.6) is 5.75 Å². The van der Waals surface area contributed by atoms with Crippen molar-refractivity contribution in [2.75, 3.05) is 0 Å². The van der Waals surface area contributed by atoms with Crippen molar-refractivity contribution >= 4 is 17.3 Å². The van der Waals surface area contributed by atoms with Crippen LogP contribution in [0, 0.1) is 0 Å². The van der Waals surface area contributed by atoms with Gasteiger partial charge in [-0.2, -0.15) is 0 Å². The SMILES string of the molecule is O=C(OCc1cscc1O)c1ccco1. The topological polar surface area (TPSA) is 59.7 Å². The van der Waals surface area contributed by atoms with Crippen LogP contribution < -0.4 is 0 Å². The summed E-state index contributed by atoms with van der Waals surface area (Å²) in [5, 5.41) is 12.6. The molecule has 0 amide bonds. The Morgan fingerprint density at radius 3 is 3.00 bits per heavy atom. The molecule has 0 aromatic carbocycles. The predicted octanol–water partition coefficient (Wildman–Crippen LogP) is 2.40. The predicted molar refractivity (Wildman–Crippen MR) is 53.8 cm³/mol. The molecule has 0 radical (unpaired) electrons. The van der Waals surface area contributed by atoms with E-state index in [9.17, 15) is 9.90 Å². The van der Waals surface area contributed by atoms with Gasteiger partial charge in [-0.25, -0.2) is 4.79 Å². The molecule has 5 heteroatoms. The number of hydrogen-bond acceptors (Lipinski definition) is 5. The first-order chi connectivity index (χ1) is 7.27. The molecule has 78 valence electrons. The number of esters is 1. The first kappa shape index (κ1) is 9.79. The quantitative estimate of drug-likeness (QED) is 0.813. The Morgan fingerprint density at radius 2 is 2.40 bits per heavy atom. The van der Waals surface area contributed by atoms with E-state index in [2.05, 4.69) is 0 Å². The molecule has 15 heavy (non-hydrogen) atoms. The molecule has 0 saturated heterocycles. The normalized spacial score (nSPS) is 10.1. The van der Waals surface area contributed by atoms with Gasteiger partial charge in [-0.05, 0) is 12.1 Å². The van der Waals surface area contributed by atoms with E-state index in [-0.39, 0.29) is 18.1 Å². The molecule has 0 spiro atoms. The zero-order chi connectivity index (χ0) is 10.7. The molecule has 0 unspecified atom stereocenters. The monoisotopic (exact) mass is 224 g/mol. The number of thiophene rings is 1. The molecule has 4 nitrogen and oxygen atoms in total. The highest BCUT2D eigenvalue weighted by Gasteiger charge is 2.11. The lowest BCUT2D eigenvalue weighted by molar-refractivity contribution is 0.0434. The van der Waals surface area contributed by atoms with Gasteiger partial charge in [0.2, 0.25) is 5.76 Å². The molecule has 0 saturated carbocycles. The summed E-state index contributed by atoms with van der Waals surface area (Å²) < 4.78 is 9.79. The second-order valence-electron chi connectivity index (χ2n) is 2.84. The van der Waals surface area contributed by atoms with Crippen molar-refractivity contribution in [3.8, 4) is 5.75 Å². The van der Waals surface area contributed by atoms with Gasteiger partial charge >= 0.3 is 5.97 Å². The van der Waals surface area contributed by atoms with Crippen LogP contribution in [0.2, 0.25) is 0 Å². The van der Waals surface area contributed by atoms with Crippen LogP contribution in [0.15, 0.2) is 33.6 Å². The highest BCUT2D eigenvalue weighted by atomic mass is 32.1. The molecule has 2 heterocycles. The third-order valence-electron chi connectivity index (χ3n) is 1.80. The van der Waals surface area contributed by atoms with Gasteiger partial charge in [-0.1, -0.05) is 0 Å². The Morgan fingerprint density at radius 1 is 1.53 bits per heavy atom. The number of carbonyl (C=O) groups is 1.